The van der Waals surface area contributed by atoms with E-state index in [0.717, 1.165) is 27.9 Å². The van der Waals surface area contributed by atoms with Crippen molar-refractivity contribution < 1.29 is 19.4 Å². The van der Waals surface area contributed by atoms with Crippen molar-refractivity contribution in [3.05, 3.63) is 51.3 Å². The van der Waals surface area contributed by atoms with E-state index in [4.69, 9.17) is 22.1 Å². The predicted octanol–water partition coefficient (Wildman–Crippen LogP) is 3.01. The molecule has 0 saturated carbocycles. The highest BCUT2D eigenvalue weighted by molar-refractivity contribution is 8.26. The highest BCUT2D eigenvalue weighted by Crippen LogP contribution is 2.32. The van der Waals surface area contributed by atoms with Gasteiger partial charge >= 0.3 is 5.97 Å². The Morgan fingerprint density at radius 2 is 2.12 bits per heavy atom. The number of amides is 1. The van der Waals surface area contributed by atoms with E-state index in [1.807, 2.05) is 17.5 Å². The summed E-state index contributed by atoms with van der Waals surface area (Å²) in [6.07, 6.45) is 1.69. The first-order chi connectivity index (χ1) is 12.0. The second kappa shape index (κ2) is 7.77. The number of thiazole rings is 1. The maximum Gasteiger partial charge on any atom is 0.323 e. The second-order valence-corrected chi connectivity index (χ2v) is 7.39. The van der Waals surface area contributed by atoms with Crippen LogP contribution in [0, 0.1) is 0 Å². The average Bonchev–Trinajstić information content (AvgIpc) is 3.18. The molecule has 1 aromatic carbocycles. The van der Waals surface area contributed by atoms with Crippen molar-refractivity contribution in [2.75, 3.05) is 6.54 Å². The van der Waals surface area contributed by atoms with Crippen LogP contribution in [0.3, 0.4) is 0 Å². The van der Waals surface area contributed by atoms with Gasteiger partial charge in [-0.05, 0) is 23.8 Å². The smallest absolute Gasteiger partial charge is 0.323 e. The molecule has 25 heavy (non-hydrogen) atoms. The molecule has 1 fully saturated rings. The fourth-order valence-corrected chi connectivity index (χ4v) is 3.85. The lowest BCUT2D eigenvalue weighted by atomic mass is 10.2. The third kappa shape index (κ3) is 4.44. The number of thiocarbonyl (C=S) groups is 1. The molecule has 0 unspecified atom stereocenters. The van der Waals surface area contributed by atoms with Gasteiger partial charge in [0, 0.05) is 5.38 Å². The number of aliphatic carboxylic acids is 1. The Hall–Kier alpha value is -2.23. The van der Waals surface area contributed by atoms with Crippen molar-refractivity contribution in [2.45, 2.75) is 6.61 Å². The zero-order chi connectivity index (χ0) is 17.8. The topological polar surface area (TPSA) is 79.7 Å². The molecule has 1 aliphatic heterocycles. The molecule has 0 bridgehead atoms. The molecule has 1 aromatic heterocycles. The lowest BCUT2D eigenvalue weighted by Gasteiger charge is -2.10. The van der Waals surface area contributed by atoms with Crippen LogP contribution in [0.5, 0.6) is 5.75 Å². The first kappa shape index (κ1) is 17.6. The van der Waals surface area contributed by atoms with Crippen LogP contribution in [-0.4, -0.2) is 37.7 Å². The predicted molar refractivity (Wildman–Crippen MR) is 100 cm³/mol. The summed E-state index contributed by atoms with van der Waals surface area (Å²) in [7, 11) is 0. The number of benzene rings is 1. The number of ether oxygens (including phenoxy) is 1. The van der Waals surface area contributed by atoms with Crippen LogP contribution >= 0.6 is 35.3 Å². The molecule has 0 aliphatic carbocycles. The number of nitrogens with zero attached hydrogens (tertiary/aromatic N) is 2. The molecule has 2 heterocycles. The number of aromatic nitrogens is 1. The number of carbonyl (C=O) groups is 2. The fourth-order valence-electron chi connectivity index (χ4n) is 2.05. The number of carboxylic acid groups (broad SMARTS) is 1. The molecule has 3 rings (SSSR count). The summed E-state index contributed by atoms with van der Waals surface area (Å²) in [5.74, 6) is -0.788. The number of hydrogen-bond donors (Lipinski definition) is 1. The largest absolute Gasteiger partial charge is 0.487 e. The zero-order valence-corrected chi connectivity index (χ0v) is 15.2. The molecule has 1 amide bonds. The molecule has 0 radical (unpaired) electrons. The lowest BCUT2D eigenvalue weighted by Crippen LogP contribution is -2.33. The molecule has 1 saturated heterocycles. The normalized spacial score (nSPS) is 15.8. The molecular weight excluding hydrogens is 380 g/mol. The molecule has 128 valence electrons. The molecule has 0 spiro atoms. The number of rotatable bonds is 6. The van der Waals surface area contributed by atoms with Crippen LogP contribution in [-0.2, 0) is 16.2 Å². The van der Waals surface area contributed by atoms with E-state index in [0.29, 0.717) is 17.3 Å². The van der Waals surface area contributed by atoms with Crippen molar-refractivity contribution in [1.82, 2.24) is 9.88 Å². The molecule has 1 aliphatic rings. The lowest BCUT2D eigenvalue weighted by molar-refractivity contribution is -0.140. The zero-order valence-electron chi connectivity index (χ0n) is 12.7. The van der Waals surface area contributed by atoms with Crippen molar-refractivity contribution in [1.29, 1.82) is 0 Å². The number of hydrogen-bond acceptors (Lipinski definition) is 7. The van der Waals surface area contributed by atoms with E-state index < -0.39 is 12.5 Å². The van der Waals surface area contributed by atoms with Crippen LogP contribution in [0.4, 0.5) is 0 Å². The van der Waals surface area contributed by atoms with Crippen LogP contribution in [0.25, 0.3) is 6.08 Å². The van der Waals surface area contributed by atoms with Crippen molar-refractivity contribution >= 4 is 57.6 Å². The van der Waals surface area contributed by atoms with Crippen LogP contribution in [0.15, 0.2) is 40.1 Å². The number of carboxylic acids is 1. The Morgan fingerprint density at radius 3 is 2.76 bits per heavy atom. The van der Waals surface area contributed by atoms with E-state index in [-0.39, 0.29) is 10.2 Å². The van der Waals surface area contributed by atoms with E-state index in [1.165, 1.54) is 11.3 Å². The van der Waals surface area contributed by atoms with Gasteiger partial charge in [0.05, 0.1) is 16.1 Å². The second-order valence-electron chi connectivity index (χ2n) is 5.00. The molecule has 1 N–H and O–H groups in total. The summed E-state index contributed by atoms with van der Waals surface area (Å²) in [6.45, 7) is -0.0257. The van der Waals surface area contributed by atoms with Crippen molar-refractivity contribution in [2.24, 2.45) is 0 Å². The van der Waals surface area contributed by atoms with Gasteiger partial charge in [0.15, 0.2) is 0 Å². The summed E-state index contributed by atoms with van der Waals surface area (Å²) in [5, 5.41) is 10.8. The maximum absolute atomic E-state index is 12.2. The molecule has 9 heteroatoms. The van der Waals surface area contributed by atoms with Gasteiger partial charge in [-0.15, -0.1) is 11.3 Å². The third-order valence-corrected chi connectivity index (χ3v) is 5.23. The Morgan fingerprint density at radius 1 is 1.36 bits per heavy atom. The minimum atomic E-state index is -1.10. The summed E-state index contributed by atoms with van der Waals surface area (Å²) < 4.78 is 5.88. The maximum atomic E-state index is 12.2. The standard InChI is InChI=1S/C16H12N2O4S3/c19-14(20)6-18-15(21)13(25-16(18)23)5-10-1-3-12(4-2-10)22-7-11-8-24-9-17-11/h1-5,8-9H,6-7H2,(H,19,20)/b13-5+. The Labute approximate surface area is 157 Å². The first-order valence-corrected chi connectivity index (χ1v) is 9.27. The minimum Gasteiger partial charge on any atom is -0.487 e. The van der Waals surface area contributed by atoms with Gasteiger partial charge in [0.2, 0.25) is 0 Å². The fraction of sp³-hybridized carbons (Fsp3) is 0.125. The third-order valence-electron chi connectivity index (χ3n) is 3.22. The van der Waals surface area contributed by atoms with Gasteiger partial charge in [-0.3, -0.25) is 14.5 Å². The van der Waals surface area contributed by atoms with Gasteiger partial charge in [-0.1, -0.05) is 36.1 Å². The van der Waals surface area contributed by atoms with Gasteiger partial charge < -0.3 is 9.84 Å². The van der Waals surface area contributed by atoms with E-state index >= 15 is 0 Å². The molecule has 2 aromatic rings. The van der Waals surface area contributed by atoms with Gasteiger partial charge in [-0.25, -0.2) is 4.98 Å². The molecule has 0 atom stereocenters. The monoisotopic (exact) mass is 392 g/mol. The quantitative estimate of drug-likeness (QED) is 0.598. The van der Waals surface area contributed by atoms with E-state index in [9.17, 15) is 9.59 Å². The SMILES string of the molecule is O=C(O)CN1C(=O)/C(=C\c2ccc(OCc3cscn3)cc2)SC1=S. The van der Waals surface area contributed by atoms with Crippen LogP contribution in [0.2, 0.25) is 0 Å². The minimum absolute atomic E-state index is 0.252. The van der Waals surface area contributed by atoms with Gasteiger partial charge in [0.25, 0.3) is 5.91 Å². The Balaban J connectivity index is 1.66. The summed E-state index contributed by atoms with van der Waals surface area (Å²) >= 11 is 7.68. The van der Waals surface area contributed by atoms with Gasteiger partial charge in [-0.2, -0.15) is 0 Å². The molecule has 6 nitrogen and oxygen atoms in total. The summed E-state index contributed by atoms with van der Waals surface area (Å²) in [5.41, 5.74) is 3.43. The van der Waals surface area contributed by atoms with Crippen LogP contribution < -0.4 is 4.74 Å². The average molecular weight is 392 g/mol. The number of carbonyl (C=O) groups excluding carboxylic acids is 1. The molecular formula is C16H12N2O4S3. The Kier molecular flexibility index (Phi) is 5.47. The highest BCUT2D eigenvalue weighted by atomic mass is 32.2. The Bertz CT molecular complexity index is 832. The van der Waals surface area contributed by atoms with Crippen LogP contribution in [0.1, 0.15) is 11.3 Å². The highest BCUT2D eigenvalue weighted by Gasteiger charge is 2.33. The summed E-state index contributed by atoms with van der Waals surface area (Å²) in [6, 6.07) is 7.24. The summed E-state index contributed by atoms with van der Waals surface area (Å²) in [4.78, 5) is 28.6. The van der Waals surface area contributed by atoms with E-state index in [2.05, 4.69) is 4.98 Å². The first-order valence-electron chi connectivity index (χ1n) is 7.10. The number of thioether (sulfide) groups is 1. The van der Waals surface area contributed by atoms with E-state index in [1.54, 1.807) is 23.7 Å². The van der Waals surface area contributed by atoms with Crippen molar-refractivity contribution in [3.63, 3.8) is 0 Å². The van der Waals surface area contributed by atoms with Crippen molar-refractivity contribution in [3.8, 4) is 5.75 Å². The van der Waals surface area contributed by atoms with Gasteiger partial charge in [0.1, 0.15) is 23.2 Å².